The molecule has 0 radical (unpaired) electrons. The van der Waals surface area contributed by atoms with Crippen LogP contribution in [0.5, 0.6) is 0 Å². The Morgan fingerprint density at radius 3 is 1.30 bits per heavy atom. The molecule has 3 heteroatoms. The fourth-order valence-electron chi connectivity index (χ4n) is 9.74. The minimum Gasteiger partial charge on any atom is -0.456 e. The highest BCUT2D eigenvalue weighted by atomic mass is 16.3. The Morgan fingerprint density at radius 2 is 0.702 bits per heavy atom. The maximum Gasteiger partial charge on any atom is 0.136 e. The number of aromatic nitrogens is 2. The van der Waals surface area contributed by atoms with E-state index < -0.39 is 0 Å². The number of hydrogen-bond donors (Lipinski definition) is 0. The minimum atomic E-state index is 0.893. The molecule has 0 aliphatic carbocycles. The fourth-order valence-corrected chi connectivity index (χ4v) is 9.74. The van der Waals surface area contributed by atoms with Crippen LogP contribution < -0.4 is 0 Å². The molecule has 10 aromatic carbocycles. The van der Waals surface area contributed by atoms with Crippen molar-refractivity contribution in [2.24, 2.45) is 0 Å². The van der Waals surface area contributed by atoms with Crippen LogP contribution in [0.25, 0.3) is 120 Å². The average molecular weight is 725 g/mol. The molecule has 57 heavy (non-hydrogen) atoms. The summed E-state index contributed by atoms with van der Waals surface area (Å²) in [6.07, 6.45) is 0. The molecule has 13 aromatic rings. The predicted molar refractivity (Wildman–Crippen MR) is 240 cm³/mol. The van der Waals surface area contributed by atoms with Gasteiger partial charge in [0, 0.05) is 43.7 Å². The molecule has 0 aliphatic heterocycles. The summed E-state index contributed by atoms with van der Waals surface area (Å²) in [5.74, 6) is 0. The SMILES string of the molecule is c1ccc(-n2c3ccccc3c3cc(-c4ccc5c(c4)c4ccccc4n5-c4ccc5oc6cc7c8ccccc8c8ccccc8c7cc6c5c4)ccc32)cc1. The van der Waals surface area contributed by atoms with E-state index in [1.165, 1.54) is 92.7 Å². The largest absolute Gasteiger partial charge is 0.456 e. The molecule has 0 saturated heterocycles. The molecule has 0 aliphatic rings. The molecule has 3 heterocycles. The summed E-state index contributed by atoms with van der Waals surface area (Å²) < 4.78 is 11.4. The quantitative estimate of drug-likeness (QED) is 0.166. The van der Waals surface area contributed by atoms with Crippen molar-refractivity contribution in [2.75, 3.05) is 0 Å². The Hall–Kier alpha value is -7.62. The van der Waals surface area contributed by atoms with E-state index in [-0.39, 0.29) is 0 Å². The van der Waals surface area contributed by atoms with E-state index in [0.717, 1.165) is 27.6 Å². The van der Waals surface area contributed by atoms with E-state index in [9.17, 15) is 0 Å². The Balaban J connectivity index is 0.997. The van der Waals surface area contributed by atoms with Crippen molar-refractivity contribution < 1.29 is 4.42 Å². The third-order valence-electron chi connectivity index (χ3n) is 12.3. The second-order valence-electron chi connectivity index (χ2n) is 15.3. The zero-order chi connectivity index (χ0) is 37.2. The normalized spacial score (nSPS) is 12.2. The van der Waals surface area contributed by atoms with Crippen LogP contribution >= 0.6 is 0 Å². The predicted octanol–water partition coefficient (Wildman–Crippen LogP) is 14.9. The summed E-state index contributed by atoms with van der Waals surface area (Å²) in [6.45, 7) is 0. The van der Waals surface area contributed by atoms with Gasteiger partial charge in [0.05, 0.1) is 22.1 Å². The van der Waals surface area contributed by atoms with Crippen molar-refractivity contribution in [1.82, 2.24) is 9.13 Å². The maximum absolute atomic E-state index is 6.61. The van der Waals surface area contributed by atoms with Gasteiger partial charge in [0.1, 0.15) is 11.2 Å². The molecule has 3 nitrogen and oxygen atoms in total. The summed E-state index contributed by atoms with van der Waals surface area (Å²) in [5, 5.41) is 14.7. The molecule has 0 N–H and O–H groups in total. The monoisotopic (exact) mass is 724 g/mol. The summed E-state index contributed by atoms with van der Waals surface area (Å²) >= 11 is 0. The minimum absolute atomic E-state index is 0.893. The number of nitrogens with zero attached hydrogens (tertiary/aromatic N) is 2. The van der Waals surface area contributed by atoms with Crippen molar-refractivity contribution in [2.45, 2.75) is 0 Å². The van der Waals surface area contributed by atoms with Crippen molar-refractivity contribution in [1.29, 1.82) is 0 Å². The van der Waals surface area contributed by atoms with Crippen molar-refractivity contribution in [3.63, 3.8) is 0 Å². The van der Waals surface area contributed by atoms with Gasteiger partial charge in [0.25, 0.3) is 0 Å². The highest BCUT2D eigenvalue weighted by molar-refractivity contribution is 6.28. The lowest BCUT2D eigenvalue weighted by molar-refractivity contribution is 0.669. The third kappa shape index (κ3) is 4.31. The summed E-state index contributed by atoms with van der Waals surface area (Å²) in [7, 11) is 0. The van der Waals surface area contributed by atoms with Crippen LogP contribution in [0.15, 0.2) is 199 Å². The number of rotatable bonds is 3. The van der Waals surface area contributed by atoms with Crippen LogP contribution in [0.1, 0.15) is 0 Å². The number of hydrogen-bond acceptors (Lipinski definition) is 1. The molecule has 0 spiro atoms. The van der Waals surface area contributed by atoms with E-state index in [4.69, 9.17) is 4.42 Å². The number of furan rings is 1. The molecular weight excluding hydrogens is 693 g/mol. The van der Waals surface area contributed by atoms with Crippen molar-refractivity contribution >= 4 is 97.9 Å². The molecule has 13 rings (SSSR count). The van der Waals surface area contributed by atoms with Crippen LogP contribution in [0.3, 0.4) is 0 Å². The first-order valence-electron chi connectivity index (χ1n) is 19.6. The van der Waals surface area contributed by atoms with E-state index in [0.29, 0.717) is 0 Å². The van der Waals surface area contributed by atoms with Gasteiger partial charge in [-0.25, -0.2) is 0 Å². The van der Waals surface area contributed by atoms with Crippen LogP contribution in [0.2, 0.25) is 0 Å². The van der Waals surface area contributed by atoms with Gasteiger partial charge in [-0.3, -0.25) is 0 Å². The van der Waals surface area contributed by atoms with Crippen LogP contribution in [-0.4, -0.2) is 9.13 Å². The molecule has 0 fully saturated rings. The Labute approximate surface area is 326 Å². The fraction of sp³-hybridized carbons (Fsp3) is 0. The van der Waals surface area contributed by atoms with E-state index in [2.05, 4.69) is 203 Å². The smallest absolute Gasteiger partial charge is 0.136 e. The lowest BCUT2D eigenvalue weighted by Gasteiger charge is -2.10. The number of para-hydroxylation sites is 3. The Bertz CT molecular complexity index is 3810. The molecule has 264 valence electrons. The lowest BCUT2D eigenvalue weighted by atomic mass is 9.93. The van der Waals surface area contributed by atoms with Gasteiger partial charge in [-0.15, -0.1) is 0 Å². The van der Waals surface area contributed by atoms with E-state index >= 15 is 0 Å². The zero-order valence-corrected chi connectivity index (χ0v) is 30.8. The lowest BCUT2D eigenvalue weighted by Crippen LogP contribution is -1.93. The van der Waals surface area contributed by atoms with Gasteiger partial charge >= 0.3 is 0 Å². The van der Waals surface area contributed by atoms with Crippen LogP contribution in [-0.2, 0) is 0 Å². The summed E-state index contributed by atoms with van der Waals surface area (Å²) in [5.41, 5.74) is 11.3. The maximum atomic E-state index is 6.61. The topological polar surface area (TPSA) is 23.0 Å². The van der Waals surface area contributed by atoms with Crippen molar-refractivity contribution in [3.05, 3.63) is 194 Å². The molecule has 0 bridgehead atoms. The first-order valence-corrected chi connectivity index (χ1v) is 19.6. The van der Waals surface area contributed by atoms with Gasteiger partial charge < -0.3 is 13.6 Å². The van der Waals surface area contributed by atoms with Gasteiger partial charge in [0.2, 0.25) is 0 Å². The van der Waals surface area contributed by atoms with Gasteiger partial charge in [-0.1, -0.05) is 115 Å². The Kier molecular flexibility index (Phi) is 6.16. The Morgan fingerprint density at radius 1 is 0.246 bits per heavy atom. The highest BCUT2D eigenvalue weighted by Gasteiger charge is 2.18. The van der Waals surface area contributed by atoms with E-state index in [1.54, 1.807) is 0 Å². The number of benzene rings is 10. The molecule has 0 unspecified atom stereocenters. The standard InChI is InChI=1S/C54H32N2O/c1-2-12-35(13-3-1)55-49-20-10-8-18-41(49)45-28-33(22-25-51(45)55)34-23-26-52-46(29-34)42-19-9-11-21-50(42)56(52)36-24-27-53-47(30-36)48-31-43-39-16-6-4-14-37(39)38-15-5-7-17-40(38)44(43)32-54(48)57-53/h1-32H. The van der Waals surface area contributed by atoms with E-state index in [1.807, 2.05) is 0 Å². The molecule has 3 aromatic heterocycles. The third-order valence-corrected chi connectivity index (χ3v) is 12.3. The molecule has 0 saturated carbocycles. The number of fused-ring (bicyclic) bond motifs is 15. The highest BCUT2D eigenvalue weighted by Crippen LogP contribution is 2.42. The first kappa shape index (κ1) is 30.7. The summed E-state index contributed by atoms with van der Waals surface area (Å²) in [4.78, 5) is 0. The molecular formula is C54H32N2O. The van der Waals surface area contributed by atoms with Crippen molar-refractivity contribution in [3.8, 4) is 22.5 Å². The van der Waals surface area contributed by atoms with Gasteiger partial charge in [-0.05, 0) is 122 Å². The molecule has 0 atom stereocenters. The van der Waals surface area contributed by atoms with Crippen LogP contribution in [0, 0.1) is 0 Å². The zero-order valence-electron chi connectivity index (χ0n) is 30.8. The first-order chi connectivity index (χ1) is 28.3. The van der Waals surface area contributed by atoms with Gasteiger partial charge in [-0.2, -0.15) is 0 Å². The summed E-state index contributed by atoms with van der Waals surface area (Å²) in [6, 6.07) is 70.8. The second-order valence-corrected chi connectivity index (χ2v) is 15.3. The van der Waals surface area contributed by atoms with Gasteiger partial charge in [0.15, 0.2) is 0 Å². The molecule has 0 amide bonds. The average Bonchev–Trinajstić information content (AvgIpc) is 3.92. The van der Waals surface area contributed by atoms with Crippen LogP contribution in [0.4, 0.5) is 0 Å². The second kappa shape index (κ2) is 11.5.